The van der Waals surface area contributed by atoms with Gasteiger partial charge in [0.2, 0.25) is 0 Å². The van der Waals surface area contributed by atoms with Crippen LogP contribution in [0.3, 0.4) is 0 Å². The smallest absolute Gasteiger partial charge is 0.129 e. The minimum atomic E-state index is -0.490. The summed E-state index contributed by atoms with van der Waals surface area (Å²) < 4.78 is 14.7. The fraction of sp³-hybridized carbons (Fsp3) is 0.250. The summed E-state index contributed by atoms with van der Waals surface area (Å²) in [6.07, 6.45) is 0. The molecule has 2 aromatic rings. The van der Waals surface area contributed by atoms with Gasteiger partial charge in [0.25, 0.3) is 0 Å². The van der Waals surface area contributed by atoms with Crippen LogP contribution in [-0.4, -0.2) is 0 Å². The molecule has 0 amide bonds. The summed E-state index contributed by atoms with van der Waals surface area (Å²) >= 11 is 9.92. The molecule has 0 N–H and O–H groups in total. The van der Waals surface area contributed by atoms with Crippen LogP contribution in [0.25, 0.3) is 0 Å². The summed E-state index contributed by atoms with van der Waals surface area (Å²) in [5.41, 5.74) is 4.85. The molecule has 100 valence electrons. The number of hydrogen-bond acceptors (Lipinski definition) is 0. The second-order valence-electron chi connectivity index (χ2n) is 4.81. The molecule has 0 fully saturated rings. The van der Waals surface area contributed by atoms with Crippen molar-refractivity contribution in [3.63, 3.8) is 0 Å². The van der Waals surface area contributed by atoms with Crippen molar-refractivity contribution in [2.75, 3.05) is 0 Å². The molecule has 1 atom stereocenters. The van der Waals surface area contributed by atoms with Crippen molar-refractivity contribution in [1.82, 2.24) is 0 Å². The first kappa shape index (κ1) is 14.5. The number of rotatable bonds is 2. The van der Waals surface area contributed by atoms with Crippen molar-refractivity contribution in [2.24, 2.45) is 0 Å². The second-order valence-corrected chi connectivity index (χ2v) is 6.10. The van der Waals surface area contributed by atoms with E-state index in [9.17, 15) is 4.39 Å². The van der Waals surface area contributed by atoms with Crippen LogP contribution in [0, 0.1) is 26.6 Å². The van der Waals surface area contributed by atoms with Crippen LogP contribution < -0.4 is 0 Å². The number of halogens is 3. The maximum atomic E-state index is 14.0. The highest BCUT2D eigenvalue weighted by Gasteiger charge is 2.21. The monoisotopic (exact) mass is 340 g/mol. The average Bonchev–Trinajstić information content (AvgIpc) is 2.26. The van der Waals surface area contributed by atoms with Gasteiger partial charge in [-0.3, -0.25) is 0 Å². The van der Waals surface area contributed by atoms with Gasteiger partial charge in [0.15, 0.2) is 0 Å². The molecule has 0 radical (unpaired) electrons. The Balaban J connectivity index is 2.60. The standard InChI is InChI=1S/C16H15BrClF/c1-9-7-10(2)14(11(3)8-9)16(18)15-12(17)5-4-6-13(15)19/h4-8,16H,1-3H3. The molecule has 0 bridgehead atoms. The molecule has 0 saturated carbocycles. The number of aryl methyl sites for hydroxylation is 3. The van der Waals surface area contributed by atoms with Gasteiger partial charge in [-0.2, -0.15) is 0 Å². The minimum Gasteiger partial charge on any atom is -0.207 e. The quantitative estimate of drug-likeness (QED) is 0.602. The molecular formula is C16H15BrClF. The summed E-state index contributed by atoms with van der Waals surface area (Å²) in [6.45, 7) is 6.07. The summed E-state index contributed by atoms with van der Waals surface area (Å²) in [5, 5.41) is -0.490. The van der Waals surface area contributed by atoms with E-state index in [1.54, 1.807) is 6.07 Å². The maximum absolute atomic E-state index is 14.0. The molecule has 0 spiro atoms. The van der Waals surface area contributed by atoms with E-state index < -0.39 is 5.38 Å². The van der Waals surface area contributed by atoms with Gasteiger partial charge in [-0.05, 0) is 49.6 Å². The molecule has 19 heavy (non-hydrogen) atoms. The normalized spacial score (nSPS) is 12.5. The number of hydrogen-bond donors (Lipinski definition) is 0. The largest absolute Gasteiger partial charge is 0.207 e. The molecular weight excluding hydrogens is 327 g/mol. The molecule has 0 aliphatic rings. The highest BCUT2D eigenvalue weighted by atomic mass is 79.9. The Labute approximate surface area is 126 Å². The van der Waals surface area contributed by atoms with Gasteiger partial charge in [0.1, 0.15) is 5.82 Å². The zero-order chi connectivity index (χ0) is 14.2. The molecule has 0 aliphatic carbocycles. The Morgan fingerprint density at radius 2 is 1.63 bits per heavy atom. The van der Waals surface area contributed by atoms with Gasteiger partial charge < -0.3 is 0 Å². The van der Waals surface area contributed by atoms with Crippen LogP contribution in [-0.2, 0) is 0 Å². The second kappa shape index (κ2) is 5.64. The Hall–Kier alpha value is -0.860. The lowest BCUT2D eigenvalue weighted by Gasteiger charge is -2.18. The van der Waals surface area contributed by atoms with Crippen LogP contribution in [0.2, 0.25) is 0 Å². The Kier molecular flexibility index (Phi) is 4.32. The summed E-state index contributed by atoms with van der Waals surface area (Å²) in [6, 6.07) is 9.07. The first-order valence-electron chi connectivity index (χ1n) is 6.07. The van der Waals surface area contributed by atoms with E-state index in [1.807, 2.05) is 26.8 Å². The predicted molar refractivity (Wildman–Crippen MR) is 82.4 cm³/mol. The molecule has 0 nitrogen and oxygen atoms in total. The van der Waals surface area contributed by atoms with Crippen LogP contribution in [0.1, 0.15) is 33.2 Å². The molecule has 0 aliphatic heterocycles. The molecule has 1 unspecified atom stereocenters. The summed E-state index contributed by atoms with van der Waals surface area (Å²) in [5.74, 6) is -0.284. The van der Waals surface area contributed by atoms with E-state index in [1.165, 1.54) is 11.6 Å². The van der Waals surface area contributed by atoms with Gasteiger partial charge in [-0.25, -0.2) is 4.39 Å². The first-order chi connectivity index (χ1) is 8.91. The third-order valence-electron chi connectivity index (χ3n) is 3.24. The van der Waals surface area contributed by atoms with E-state index in [0.717, 1.165) is 16.7 Å². The van der Waals surface area contributed by atoms with Crippen LogP contribution in [0.4, 0.5) is 4.39 Å². The molecule has 2 aromatic carbocycles. The highest BCUT2D eigenvalue weighted by Crippen LogP contribution is 2.38. The fourth-order valence-corrected chi connectivity index (χ4v) is 3.76. The zero-order valence-corrected chi connectivity index (χ0v) is 13.4. The Morgan fingerprint density at radius 1 is 1.05 bits per heavy atom. The van der Waals surface area contributed by atoms with Gasteiger partial charge in [-0.1, -0.05) is 39.7 Å². The Morgan fingerprint density at radius 3 is 2.16 bits per heavy atom. The van der Waals surface area contributed by atoms with E-state index in [4.69, 9.17) is 11.6 Å². The van der Waals surface area contributed by atoms with Crippen LogP contribution in [0.15, 0.2) is 34.8 Å². The van der Waals surface area contributed by atoms with E-state index >= 15 is 0 Å². The zero-order valence-electron chi connectivity index (χ0n) is 11.1. The van der Waals surface area contributed by atoms with E-state index in [2.05, 4.69) is 28.1 Å². The van der Waals surface area contributed by atoms with Gasteiger partial charge in [-0.15, -0.1) is 11.6 Å². The van der Waals surface area contributed by atoms with Crippen LogP contribution >= 0.6 is 27.5 Å². The lowest BCUT2D eigenvalue weighted by atomic mass is 9.93. The lowest BCUT2D eigenvalue weighted by molar-refractivity contribution is 0.610. The molecule has 0 saturated heterocycles. The van der Waals surface area contributed by atoms with Gasteiger partial charge in [0, 0.05) is 10.0 Å². The molecule has 0 heterocycles. The van der Waals surface area contributed by atoms with Crippen LogP contribution in [0.5, 0.6) is 0 Å². The predicted octanol–water partition coefficient (Wildman–Crippen LogP) is 5.84. The molecule has 2 rings (SSSR count). The van der Waals surface area contributed by atoms with Crippen molar-refractivity contribution in [1.29, 1.82) is 0 Å². The lowest BCUT2D eigenvalue weighted by Crippen LogP contribution is -2.03. The van der Waals surface area contributed by atoms with E-state index in [0.29, 0.717) is 10.0 Å². The topological polar surface area (TPSA) is 0 Å². The molecule has 0 aromatic heterocycles. The molecule has 3 heteroatoms. The third kappa shape index (κ3) is 2.85. The Bertz CT molecular complexity index is 579. The van der Waals surface area contributed by atoms with Crippen molar-refractivity contribution >= 4 is 27.5 Å². The van der Waals surface area contributed by atoms with Crippen molar-refractivity contribution in [3.05, 3.63) is 68.4 Å². The number of benzene rings is 2. The van der Waals surface area contributed by atoms with Gasteiger partial charge in [0.05, 0.1) is 5.38 Å². The van der Waals surface area contributed by atoms with Crippen molar-refractivity contribution in [3.8, 4) is 0 Å². The SMILES string of the molecule is Cc1cc(C)c(C(Cl)c2c(F)cccc2Br)c(C)c1. The average molecular weight is 342 g/mol. The van der Waals surface area contributed by atoms with Crippen molar-refractivity contribution < 1.29 is 4.39 Å². The van der Waals surface area contributed by atoms with Gasteiger partial charge >= 0.3 is 0 Å². The fourth-order valence-electron chi connectivity index (χ4n) is 2.49. The minimum absolute atomic E-state index is 0.284. The summed E-state index contributed by atoms with van der Waals surface area (Å²) in [7, 11) is 0. The number of alkyl halides is 1. The highest BCUT2D eigenvalue weighted by molar-refractivity contribution is 9.10. The maximum Gasteiger partial charge on any atom is 0.129 e. The summed E-state index contributed by atoms with van der Waals surface area (Å²) in [4.78, 5) is 0. The van der Waals surface area contributed by atoms with Crippen molar-refractivity contribution in [2.45, 2.75) is 26.1 Å². The first-order valence-corrected chi connectivity index (χ1v) is 7.30. The third-order valence-corrected chi connectivity index (χ3v) is 4.37. The van der Waals surface area contributed by atoms with E-state index in [-0.39, 0.29) is 5.82 Å².